The molecule has 2 aliphatic rings. The summed E-state index contributed by atoms with van der Waals surface area (Å²) in [4.78, 5) is 14.8. The summed E-state index contributed by atoms with van der Waals surface area (Å²) in [6.45, 7) is 7.11. The summed E-state index contributed by atoms with van der Waals surface area (Å²) in [5.41, 5.74) is 0.563. The maximum absolute atomic E-state index is 12.4. The van der Waals surface area contributed by atoms with E-state index in [0.29, 0.717) is 29.0 Å². The summed E-state index contributed by atoms with van der Waals surface area (Å²) < 4.78 is 11.1. The molecule has 126 valence electrons. The number of benzene rings is 1. The zero-order chi connectivity index (χ0) is 16.4. The van der Waals surface area contributed by atoms with Crippen LogP contribution in [0.1, 0.15) is 30.6 Å². The lowest BCUT2D eigenvalue weighted by Crippen LogP contribution is -2.45. The highest BCUT2D eigenvalue weighted by Gasteiger charge is 2.36. The number of nitrogens with one attached hydrogen (secondary N) is 1. The second kappa shape index (κ2) is 7.07. The van der Waals surface area contributed by atoms with Gasteiger partial charge in [-0.05, 0) is 38.5 Å². The first-order valence-electron chi connectivity index (χ1n) is 8.15. The monoisotopic (exact) mass is 338 g/mol. The van der Waals surface area contributed by atoms with Crippen molar-refractivity contribution in [3.05, 3.63) is 28.8 Å². The highest BCUT2D eigenvalue weighted by Crippen LogP contribution is 2.26. The van der Waals surface area contributed by atoms with Crippen LogP contribution in [-0.2, 0) is 4.74 Å². The molecule has 0 bridgehead atoms. The lowest BCUT2D eigenvalue weighted by atomic mass is 10.1. The molecule has 3 atom stereocenters. The number of halogens is 1. The maximum Gasteiger partial charge on any atom is 0.251 e. The van der Waals surface area contributed by atoms with Crippen LogP contribution in [0.25, 0.3) is 0 Å². The highest BCUT2D eigenvalue weighted by molar-refractivity contribution is 6.32. The molecule has 0 spiro atoms. The number of fused-ring (bicyclic) bond motifs is 1. The van der Waals surface area contributed by atoms with E-state index >= 15 is 0 Å². The first-order valence-corrected chi connectivity index (χ1v) is 8.53. The van der Waals surface area contributed by atoms with Crippen molar-refractivity contribution in [2.75, 3.05) is 26.3 Å². The lowest BCUT2D eigenvalue weighted by Gasteiger charge is -2.33. The van der Waals surface area contributed by atoms with Crippen LogP contribution in [0, 0.1) is 0 Å². The molecule has 0 aliphatic carbocycles. The van der Waals surface area contributed by atoms with Crippen LogP contribution < -0.4 is 10.1 Å². The van der Waals surface area contributed by atoms with Crippen LogP contribution >= 0.6 is 11.6 Å². The molecule has 1 aromatic rings. The Bertz CT molecular complexity index is 581. The van der Waals surface area contributed by atoms with Gasteiger partial charge in [0.25, 0.3) is 5.91 Å². The lowest BCUT2D eigenvalue weighted by molar-refractivity contribution is -0.0390. The number of hydrogen-bond acceptors (Lipinski definition) is 4. The second-order valence-electron chi connectivity index (χ2n) is 6.24. The largest absolute Gasteiger partial charge is 0.492 e. The molecule has 0 radical (unpaired) electrons. The van der Waals surface area contributed by atoms with Crippen molar-refractivity contribution in [1.29, 1.82) is 0 Å². The SMILES string of the molecule is CCOc1ccc(C(=O)N[C@@H]2C[C@H]3CO[C@@H](C)CN3C2)cc1Cl. The zero-order valence-corrected chi connectivity index (χ0v) is 14.3. The molecular formula is C17H23ClN2O3. The second-order valence-corrected chi connectivity index (χ2v) is 6.64. The van der Waals surface area contributed by atoms with Gasteiger partial charge in [-0.15, -0.1) is 0 Å². The van der Waals surface area contributed by atoms with Crippen LogP contribution in [-0.4, -0.2) is 55.3 Å². The predicted octanol–water partition coefficient (Wildman–Crippen LogP) is 2.33. The first-order chi connectivity index (χ1) is 11.1. The maximum atomic E-state index is 12.4. The minimum atomic E-state index is -0.0891. The van der Waals surface area contributed by atoms with E-state index in [9.17, 15) is 4.79 Å². The Hall–Kier alpha value is -1.30. The van der Waals surface area contributed by atoms with Crippen LogP contribution in [0.2, 0.25) is 5.02 Å². The number of rotatable bonds is 4. The predicted molar refractivity (Wildman–Crippen MR) is 89.3 cm³/mol. The molecule has 1 amide bonds. The summed E-state index contributed by atoms with van der Waals surface area (Å²) in [5, 5.41) is 3.57. The van der Waals surface area contributed by atoms with Gasteiger partial charge in [0.15, 0.2) is 0 Å². The fraction of sp³-hybridized carbons (Fsp3) is 0.588. The molecule has 0 saturated carbocycles. The summed E-state index contributed by atoms with van der Waals surface area (Å²) >= 11 is 6.15. The van der Waals surface area contributed by atoms with Crippen LogP contribution in [0.4, 0.5) is 0 Å². The number of carbonyl (C=O) groups excluding carboxylic acids is 1. The van der Waals surface area contributed by atoms with E-state index in [4.69, 9.17) is 21.1 Å². The Kier molecular flexibility index (Phi) is 5.09. The summed E-state index contributed by atoms with van der Waals surface area (Å²) in [5.74, 6) is 0.517. The molecule has 0 unspecified atom stereocenters. The van der Waals surface area contributed by atoms with E-state index in [-0.39, 0.29) is 18.1 Å². The van der Waals surface area contributed by atoms with Gasteiger partial charge >= 0.3 is 0 Å². The molecule has 3 rings (SSSR count). The number of nitrogens with zero attached hydrogens (tertiary/aromatic N) is 1. The molecular weight excluding hydrogens is 316 g/mol. The van der Waals surface area contributed by atoms with Gasteiger partial charge in [-0.25, -0.2) is 0 Å². The number of amides is 1. The fourth-order valence-electron chi connectivity index (χ4n) is 3.33. The number of hydrogen-bond donors (Lipinski definition) is 1. The van der Waals surface area contributed by atoms with Gasteiger partial charge in [0.2, 0.25) is 0 Å². The number of ether oxygens (including phenoxy) is 2. The van der Waals surface area contributed by atoms with Crippen LogP contribution in [0.15, 0.2) is 18.2 Å². The van der Waals surface area contributed by atoms with E-state index in [1.807, 2.05) is 6.92 Å². The summed E-state index contributed by atoms with van der Waals surface area (Å²) in [6.07, 6.45) is 1.20. The van der Waals surface area contributed by atoms with E-state index in [0.717, 1.165) is 26.1 Å². The van der Waals surface area contributed by atoms with Gasteiger partial charge in [0.1, 0.15) is 5.75 Å². The minimum Gasteiger partial charge on any atom is -0.492 e. The molecule has 5 nitrogen and oxygen atoms in total. The van der Waals surface area contributed by atoms with Crippen molar-refractivity contribution >= 4 is 17.5 Å². The molecule has 2 heterocycles. The van der Waals surface area contributed by atoms with Gasteiger partial charge in [0.05, 0.1) is 24.3 Å². The average molecular weight is 339 g/mol. The Balaban J connectivity index is 1.60. The van der Waals surface area contributed by atoms with Crippen molar-refractivity contribution < 1.29 is 14.3 Å². The molecule has 2 fully saturated rings. The van der Waals surface area contributed by atoms with Gasteiger partial charge < -0.3 is 14.8 Å². The van der Waals surface area contributed by atoms with Crippen molar-refractivity contribution in [2.24, 2.45) is 0 Å². The van der Waals surface area contributed by atoms with E-state index in [1.54, 1.807) is 18.2 Å². The highest BCUT2D eigenvalue weighted by atomic mass is 35.5. The van der Waals surface area contributed by atoms with Crippen molar-refractivity contribution in [2.45, 2.75) is 38.5 Å². The molecule has 2 aliphatic heterocycles. The smallest absolute Gasteiger partial charge is 0.251 e. The molecule has 6 heteroatoms. The standard InChI is InChI=1S/C17H23ClN2O3/c1-3-22-16-5-4-12(6-15(16)18)17(21)19-13-7-14-10-23-11(2)8-20(14)9-13/h4-6,11,13-14H,3,7-10H2,1-2H3,(H,19,21)/t11-,13+,14-/m0/s1. The Morgan fingerprint density at radius 3 is 3.04 bits per heavy atom. The van der Waals surface area contributed by atoms with Gasteiger partial charge in [-0.1, -0.05) is 11.6 Å². The normalized spacial score (nSPS) is 27.5. The average Bonchev–Trinajstić information content (AvgIpc) is 2.90. The van der Waals surface area contributed by atoms with Gasteiger partial charge in [0, 0.05) is 30.7 Å². The van der Waals surface area contributed by atoms with E-state index < -0.39 is 0 Å². The third-order valence-electron chi connectivity index (χ3n) is 4.42. The van der Waals surface area contributed by atoms with E-state index in [1.165, 1.54) is 0 Å². The molecule has 1 N–H and O–H groups in total. The van der Waals surface area contributed by atoms with Crippen LogP contribution in [0.5, 0.6) is 5.75 Å². The quantitative estimate of drug-likeness (QED) is 0.915. The topological polar surface area (TPSA) is 50.8 Å². The Morgan fingerprint density at radius 1 is 1.48 bits per heavy atom. The molecule has 23 heavy (non-hydrogen) atoms. The van der Waals surface area contributed by atoms with E-state index in [2.05, 4.69) is 17.1 Å². The summed E-state index contributed by atoms with van der Waals surface area (Å²) in [6, 6.07) is 5.73. The third-order valence-corrected chi connectivity index (χ3v) is 4.72. The zero-order valence-electron chi connectivity index (χ0n) is 13.5. The first kappa shape index (κ1) is 16.6. The molecule has 0 aromatic heterocycles. The Morgan fingerprint density at radius 2 is 2.30 bits per heavy atom. The fourth-order valence-corrected chi connectivity index (χ4v) is 3.56. The van der Waals surface area contributed by atoms with Crippen molar-refractivity contribution in [3.8, 4) is 5.75 Å². The summed E-state index contributed by atoms with van der Waals surface area (Å²) in [7, 11) is 0. The number of morpholine rings is 1. The van der Waals surface area contributed by atoms with Crippen molar-refractivity contribution in [3.63, 3.8) is 0 Å². The number of carbonyl (C=O) groups is 1. The third kappa shape index (κ3) is 3.79. The molecule has 1 aromatic carbocycles. The van der Waals surface area contributed by atoms with Crippen LogP contribution in [0.3, 0.4) is 0 Å². The van der Waals surface area contributed by atoms with Gasteiger partial charge in [-0.3, -0.25) is 9.69 Å². The minimum absolute atomic E-state index is 0.0891. The molecule has 2 saturated heterocycles. The Labute approximate surface area is 141 Å². The van der Waals surface area contributed by atoms with Gasteiger partial charge in [-0.2, -0.15) is 0 Å². The van der Waals surface area contributed by atoms with Crippen molar-refractivity contribution in [1.82, 2.24) is 10.2 Å².